The van der Waals surface area contributed by atoms with Crippen molar-refractivity contribution < 1.29 is 4.79 Å². The number of aromatic nitrogens is 2. The number of hydrogen-bond acceptors (Lipinski definition) is 3. The highest BCUT2D eigenvalue weighted by atomic mass is 32.1. The van der Waals surface area contributed by atoms with E-state index in [1.807, 2.05) is 35.2 Å². The largest absolute Gasteiger partial charge is 0.338 e. The molecule has 1 aliphatic rings. The molecule has 1 amide bonds. The highest BCUT2D eigenvalue weighted by molar-refractivity contribution is 7.20. The third-order valence-corrected chi connectivity index (χ3v) is 7.71. The van der Waals surface area contributed by atoms with Crippen LogP contribution in [0, 0.1) is 0 Å². The lowest BCUT2D eigenvalue weighted by Gasteiger charge is -2.32. The Morgan fingerprint density at radius 1 is 0.794 bits per heavy atom. The van der Waals surface area contributed by atoms with Gasteiger partial charge in [-0.1, -0.05) is 78.9 Å². The first-order valence-corrected chi connectivity index (χ1v) is 12.6. The van der Waals surface area contributed by atoms with E-state index in [4.69, 9.17) is 5.10 Å². The number of rotatable bonds is 4. The van der Waals surface area contributed by atoms with Crippen LogP contribution in [0.15, 0.2) is 97.1 Å². The normalized spacial score (nSPS) is 14.5. The Balaban J connectivity index is 1.25. The maximum absolute atomic E-state index is 13.2. The summed E-state index contributed by atoms with van der Waals surface area (Å²) >= 11 is 1.59. The topological polar surface area (TPSA) is 38.1 Å². The molecule has 0 unspecified atom stereocenters. The molecule has 0 N–H and O–H groups in total. The van der Waals surface area contributed by atoms with Crippen LogP contribution in [0.25, 0.3) is 32.6 Å². The van der Waals surface area contributed by atoms with Gasteiger partial charge >= 0.3 is 0 Å². The smallest absolute Gasteiger partial charge is 0.263 e. The minimum absolute atomic E-state index is 0.147. The fraction of sp³-hybridized carbons (Fsp3) is 0.172. The molecule has 0 bridgehead atoms. The molecule has 5 aromatic rings. The molecular weight excluding hydrogens is 438 g/mol. The summed E-state index contributed by atoms with van der Waals surface area (Å²) in [6, 6.07) is 33.5. The summed E-state index contributed by atoms with van der Waals surface area (Å²) in [4.78, 5) is 16.0. The summed E-state index contributed by atoms with van der Waals surface area (Å²) in [7, 11) is 0. The first-order valence-electron chi connectivity index (χ1n) is 11.7. The molecule has 4 nitrogen and oxygen atoms in total. The van der Waals surface area contributed by atoms with Crippen molar-refractivity contribution in [2.75, 3.05) is 13.1 Å². The van der Waals surface area contributed by atoms with Crippen LogP contribution < -0.4 is 0 Å². The first-order chi connectivity index (χ1) is 16.8. The second-order valence-corrected chi connectivity index (χ2v) is 9.85. The molecule has 1 aliphatic heterocycles. The number of nitrogens with zero attached hydrogens (tertiary/aromatic N) is 3. The molecule has 1 fully saturated rings. The third kappa shape index (κ3) is 3.93. The van der Waals surface area contributed by atoms with Crippen LogP contribution in [0.2, 0.25) is 0 Å². The van der Waals surface area contributed by atoms with Gasteiger partial charge in [0.1, 0.15) is 0 Å². The third-order valence-electron chi connectivity index (χ3n) is 6.61. The van der Waals surface area contributed by atoms with E-state index in [0.717, 1.165) is 53.1 Å². The van der Waals surface area contributed by atoms with Crippen molar-refractivity contribution in [3.05, 3.63) is 102 Å². The van der Waals surface area contributed by atoms with Gasteiger partial charge in [0, 0.05) is 23.4 Å². The molecule has 168 valence electrons. The van der Waals surface area contributed by atoms with Gasteiger partial charge in [0.05, 0.1) is 22.3 Å². The van der Waals surface area contributed by atoms with Crippen molar-refractivity contribution in [1.82, 2.24) is 14.7 Å². The van der Waals surface area contributed by atoms with Crippen molar-refractivity contribution in [1.29, 1.82) is 0 Å². The van der Waals surface area contributed by atoms with Gasteiger partial charge in [0.15, 0.2) is 0 Å². The molecule has 3 aromatic carbocycles. The van der Waals surface area contributed by atoms with Gasteiger partial charge in [0.25, 0.3) is 5.91 Å². The zero-order chi connectivity index (χ0) is 22.9. The second kappa shape index (κ2) is 8.92. The highest BCUT2D eigenvalue weighted by Gasteiger charge is 2.28. The summed E-state index contributed by atoms with van der Waals surface area (Å²) in [5.41, 5.74) is 4.41. The Kier molecular flexibility index (Phi) is 5.47. The fourth-order valence-electron chi connectivity index (χ4n) is 4.80. The Bertz CT molecular complexity index is 1400. The number of carbonyl (C=O) groups excluding carboxylic acids is 1. The standard InChI is InChI=1S/C29H25N3OS/c33-29(28-19-23-13-7-8-14-27(23)34-28)31-17-15-24(16-18-31)32-26(22-11-5-2-6-12-22)20-25(30-32)21-9-3-1-4-10-21/h1-14,19-20,24H,15-18H2. The van der Waals surface area contributed by atoms with Crippen LogP contribution in [0.1, 0.15) is 28.6 Å². The maximum atomic E-state index is 13.2. The lowest BCUT2D eigenvalue weighted by Crippen LogP contribution is -2.39. The van der Waals surface area contributed by atoms with E-state index < -0.39 is 0 Å². The van der Waals surface area contributed by atoms with Crippen molar-refractivity contribution in [3.8, 4) is 22.5 Å². The van der Waals surface area contributed by atoms with Gasteiger partial charge in [-0.25, -0.2) is 0 Å². The molecule has 2 aromatic heterocycles. The maximum Gasteiger partial charge on any atom is 0.263 e. The van der Waals surface area contributed by atoms with E-state index >= 15 is 0 Å². The number of piperidine rings is 1. The predicted octanol–water partition coefficient (Wildman–Crippen LogP) is 6.91. The quantitative estimate of drug-likeness (QED) is 0.290. The lowest BCUT2D eigenvalue weighted by atomic mass is 10.0. The van der Waals surface area contributed by atoms with Gasteiger partial charge in [-0.05, 0) is 42.0 Å². The van der Waals surface area contributed by atoms with E-state index in [1.165, 1.54) is 10.3 Å². The van der Waals surface area contributed by atoms with E-state index in [9.17, 15) is 4.79 Å². The van der Waals surface area contributed by atoms with Crippen molar-refractivity contribution in [2.45, 2.75) is 18.9 Å². The molecule has 0 atom stereocenters. The number of thiophene rings is 1. The average molecular weight is 464 g/mol. The Labute approximate surface area is 203 Å². The monoisotopic (exact) mass is 463 g/mol. The predicted molar refractivity (Wildman–Crippen MR) is 139 cm³/mol. The zero-order valence-corrected chi connectivity index (χ0v) is 19.6. The van der Waals surface area contributed by atoms with Crippen molar-refractivity contribution >= 4 is 27.3 Å². The van der Waals surface area contributed by atoms with Crippen LogP contribution in [0.5, 0.6) is 0 Å². The summed E-state index contributed by atoms with van der Waals surface area (Å²) < 4.78 is 3.36. The number of likely N-dealkylation sites (tertiary alicyclic amines) is 1. The van der Waals surface area contributed by atoms with E-state index in [0.29, 0.717) is 0 Å². The average Bonchev–Trinajstić information content (AvgIpc) is 3.55. The van der Waals surface area contributed by atoms with Crippen molar-refractivity contribution in [2.24, 2.45) is 0 Å². The van der Waals surface area contributed by atoms with Crippen LogP contribution in [-0.4, -0.2) is 33.7 Å². The van der Waals surface area contributed by atoms with E-state index in [-0.39, 0.29) is 11.9 Å². The van der Waals surface area contributed by atoms with Crippen LogP contribution in [-0.2, 0) is 0 Å². The van der Waals surface area contributed by atoms with Gasteiger partial charge in [0.2, 0.25) is 0 Å². The molecule has 0 spiro atoms. The molecule has 5 heteroatoms. The van der Waals surface area contributed by atoms with Crippen molar-refractivity contribution in [3.63, 3.8) is 0 Å². The van der Waals surface area contributed by atoms with E-state index in [1.54, 1.807) is 11.3 Å². The van der Waals surface area contributed by atoms with Crippen LogP contribution in [0.4, 0.5) is 0 Å². The molecule has 0 saturated carbocycles. The van der Waals surface area contributed by atoms with Crippen LogP contribution >= 0.6 is 11.3 Å². The van der Waals surface area contributed by atoms with E-state index in [2.05, 4.69) is 71.4 Å². The molecule has 3 heterocycles. The molecular formula is C29H25N3OS. The molecule has 0 radical (unpaired) electrons. The highest BCUT2D eigenvalue weighted by Crippen LogP contribution is 2.33. The van der Waals surface area contributed by atoms with Gasteiger partial charge in [-0.3, -0.25) is 9.48 Å². The Morgan fingerprint density at radius 2 is 1.44 bits per heavy atom. The SMILES string of the molecule is O=C(c1cc2ccccc2s1)N1CCC(n2nc(-c3ccccc3)cc2-c2ccccc2)CC1. The molecule has 34 heavy (non-hydrogen) atoms. The number of amides is 1. The first kappa shape index (κ1) is 20.9. The zero-order valence-electron chi connectivity index (χ0n) is 18.8. The van der Waals surface area contributed by atoms with Gasteiger partial charge in [-0.2, -0.15) is 5.10 Å². The summed E-state index contributed by atoms with van der Waals surface area (Å²) in [5, 5.41) is 6.19. The minimum atomic E-state index is 0.147. The van der Waals surface area contributed by atoms with Gasteiger partial charge in [-0.15, -0.1) is 11.3 Å². The molecule has 1 saturated heterocycles. The fourth-order valence-corrected chi connectivity index (χ4v) is 5.83. The molecule has 0 aliphatic carbocycles. The second-order valence-electron chi connectivity index (χ2n) is 8.76. The Morgan fingerprint density at radius 3 is 2.15 bits per heavy atom. The summed E-state index contributed by atoms with van der Waals surface area (Å²) in [6.45, 7) is 1.49. The number of benzene rings is 3. The summed E-state index contributed by atoms with van der Waals surface area (Å²) in [5.74, 6) is 0.147. The number of fused-ring (bicyclic) bond motifs is 1. The van der Waals surface area contributed by atoms with Gasteiger partial charge < -0.3 is 4.90 Å². The summed E-state index contributed by atoms with van der Waals surface area (Å²) in [6.07, 6.45) is 1.79. The minimum Gasteiger partial charge on any atom is -0.338 e. The lowest BCUT2D eigenvalue weighted by molar-refractivity contribution is 0.0695. The number of carbonyl (C=O) groups is 1. The Hall–Kier alpha value is -3.70. The molecule has 6 rings (SSSR count). The number of hydrogen-bond donors (Lipinski definition) is 0. The van der Waals surface area contributed by atoms with Crippen LogP contribution in [0.3, 0.4) is 0 Å².